The largest absolute Gasteiger partial charge is 0.525 e. The summed E-state index contributed by atoms with van der Waals surface area (Å²) in [6.07, 6.45) is 6.57. The highest BCUT2D eigenvalue weighted by Crippen LogP contribution is 2.42. The predicted octanol–water partition coefficient (Wildman–Crippen LogP) is 4.68. The average molecular weight is 369 g/mol. The molecule has 0 aromatic carbocycles. The molecule has 0 amide bonds. The second-order valence-electron chi connectivity index (χ2n) is 8.36. The maximum atomic E-state index is 15.2. The van der Waals surface area contributed by atoms with Crippen molar-refractivity contribution in [1.29, 1.82) is 0 Å². The van der Waals surface area contributed by atoms with E-state index in [1.165, 1.54) is 12.5 Å². The molecule has 5 nitrogen and oxygen atoms in total. The summed E-state index contributed by atoms with van der Waals surface area (Å²) in [6.45, 7) is 7.66. The standard InChI is InChI=1S/C20H25BFN3O2/c1-19(2)20(3,4)27-21(26-19)16(22)12-14-17(13-8-7-9-13)24-25-18(14)15-10-5-6-11-23-15/h5-6,10-13H,7-9H2,1-4H3,(H,24,25). The molecule has 2 aromatic rings. The van der Waals surface area contributed by atoms with Crippen LogP contribution in [0.4, 0.5) is 4.39 Å². The second-order valence-corrected chi connectivity index (χ2v) is 8.36. The van der Waals surface area contributed by atoms with Gasteiger partial charge in [-0.3, -0.25) is 10.1 Å². The van der Waals surface area contributed by atoms with Crippen LogP contribution >= 0.6 is 0 Å². The molecule has 0 atom stereocenters. The maximum absolute atomic E-state index is 15.2. The number of H-pyrrole nitrogens is 1. The van der Waals surface area contributed by atoms with Crippen LogP contribution in [-0.2, 0) is 9.31 Å². The van der Waals surface area contributed by atoms with Crippen molar-refractivity contribution in [2.24, 2.45) is 0 Å². The summed E-state index contributed by atoms with van der Waals surface area (Å²) < 4.78 is 26.9. The number of nitrogens with zero attached hydrogens (tertiary/aromatic N) is 2. The topological polar surface area (TPSA) is 60.0 Å². The maximum Gasteiger partial charge on any atom is 0.525 e. The van der Waals surface area contributed by atoms with Crippen molar-refractivity contribution in [3.63, 3.8) is 0 Å². The van der Waals surface area contributed by atoms with Crippen molar-refractivity contribution < 1.29 is 13.7 Å². The summed E-state index contributed by atoms with van der Waals surface area (Å²) in [6, 6.07) is 5.63. The number of halogens is 1. The molecular weight excluding hydrogens is 344 g/mol. The fourth-order valence-corrected chi connectivity index (χ4v) is 3.38. The molecule has 0 radical (unpaired) electrons. The summed E-state index contributed by atoms with van der Waals surface area (Å²) in [5.41, 5.74) is 1.46. The minimum Gasteiger partial charge on any atom is -0.398 e. The van der Waals surface area contributed by atoms with E-state index < -0.39 is 24.0 Å². The van der Waals surface area contributed by atoms with Crippen LogP contribution in [-0.4, -0.2) is 33.5 Å². The lowest BCUT2D eigenvalue weighted by Gasteiger charge is -2.32. The number of hydrogen-bond donors (Lipinski definition) is 1. The Morgan fingerprint density at radius 2 is 1.93 bits per heavy atom. The zero-order valence-corrected chi connectivity index (χ0v) is 16.3. The number of aromatic amines is 1. The molecule has 1 saturated carbocycles. The van der Waals surface area contributed by atoms with E-state index in [2.05, 4.69) is 15.2 Å². The highest BCUT2D eigenvalue weighted by molar-refractivity contribution is 6.54. The molecule has 2 fully saturated rings. The van der Waals surface area contributed by atoms with Gasteiger partial charge in [-0.25, -0.2) is 4.39 Å². The van der Waals surface area contributed by atoms with Crippen LogP contribution < -0.4 is 0 Å². The van der Waals surface area contributed by atoms with Crippen molar-refractivity contribution in [3.8, 4) is 11.4 Å². The zero-order chi connectivity index (χ0) is 19.2. The van der Waals surface area contributed by atoms with Crippen LogP contribution in [0.1, 0.15) is 64.1 Å². The third kappa shape index (κ3) is 3.23. The average Bonchev–Trinajstić information content (AvgIpc) is 3.05. The number of rotatable bonds is 4. The highest BCUT2D eigenvalue weighted by atomic mass is 19.1. The molecule has 7 heteroatoms. The van der Waals surface area contributed by atoms with Crippen LogP contribution in [0.25, 0.3) is 17.5 Å². The lowest BCUT2D eigenvalue weighted by molar-refractivity contribution is 0.00578. The van der Waals surface area contributed by atoms with E-state index in [1.54, 1.807) is 6.20 Å². The van der Waals surface area contributed by atoms with Crippen molar-refractivity contribution in [2.75, 3.05) is 0 Å². The first-order valence-electron chi connectivity index (χ1n) is 9.51. The molecule has 1 N–H and O–H groups in total. The van der Waals surface area contributed by atoms with Gasteiger partial charge in [0.25, 0.3) is 0 Å². The lowest BCUT2D eigenvalue weighted by atomic mass is 9.80. The Kier molecular flexibility index (Phi) is 4.47. The minimum atomic E-state index is -1.02. The van der Waals surface area contributed by atoms with Crippen LogP contribution in [0, 0.1) is 0 Å². The zero-order valence-electron chi connectivity index (χ0n) is 16.3. The molecule has 1 saturated heterocycles. The van der Waals surface area contributed by atoms with Crippen molar-refractivity contribution in [1.82, 2.24) is 15.2 Å². The van der Waals surface area contributed by atoms with Gasteiger partial charge in [-0.2, -0.15) is 5.10 Å². The van der Waals surface area contributed by atoms with Gasteiger partial charge in [0.15, 0.2) is 0 Å². The normalized spacial score (nSPS) is 22.1. The van der Waals surface area contributed by atoms with Gasteiger partial charge < -0.3 is 9.31 Å². The van der Waals surface area contributed by atoms with Gasteiger partial charge in [0.2, 0.25) is 0 Å². The van der Waals surface area contributed by atoms with Gasteiger partial charge in [0.05, 0.1) is 16.9 Å². The number of nitrogens with one attached hydrogen (secondary N) is 1. The van der Waals surface area contributed by atoms with Crippen molar-refractivity contribution >= 4 is 13.2 Å². The Bertz CT molecular complexity index is 843. The lowest BCUT2D eigenvalue weighted by Crippen LogP contribution is -2.41. The monoisotopic (exact) mass is 369 g/mol. The molecule has 1 aliphatic carbocycles. The number of hydrogen-bond acceptors (Lipinski definition) is 4. The van der Waals surface area contributed by atoms with Crippen LogP contribution in [0.2, 0.25) is 0 Å². The first-order chi connectivity index (χ1) is 12.8. The van der Waals surface area contributed by atoms with Gasteiger partial charge in [0, 0.05) is 23.4 Å². The number of pyridine rings is 1. The summed E-state index contributed by atoms with van der Waals surface area (Å²) >= 11 is 0. The van der Waals surface area contributed by atoms with Gasteiger partial charge in [-0.15, -0.1) is 0 Å². The summed E-state index contributed by atoms with van der Waals surface area (Å²) in [5, 5.41) is 7.57. The van der Waals surface area contributed by atoms with Crippen LogP contribution in [0.5, 0.6) is 0 Å². The number of aromatic nitrogens is 3. The van der Waals surface area contributed by atoms with Crippen molar-refractivity contribution in [2.45, 2.75) is 64.1 Å². The summed E-state index contributed by atoms with van der Waals surface area (Å²) in [5.74, 6) is 0.382. The Balaban J connectivity index is 1.72. The fourth-order valence-electron chi connectivity index (χ4n) is 3.38. The fraction of sp³-hybridized carbons (Fsp3) is 0.500. The highest BCUT2D eigenvalue weighted by Gasteiger charge is 2.53. The van der Waals surface area contributed by atoms with Gasteiger partial charge in [-0.05, 0) is 58.7 Å². The van der Waals surface area contributed by atoms with Crippen LogP contribution in [0.3, 0.4) is 0 Å². The molecule has 0 unspecified atom stereocenters. The first kappa shape index (κ1) is 18.4. The molecule has 0 bridgehead atoms. The smallest absolute Gasteiger partial charge is 0.398 e. The van der Waals surface area contributed by atoms with E-state index in [-0.39, 0.29) is 0 Å². The molecule has 2 aromatic heterocycles. The van der Waals surface area contributed by atoms with E-state index in [9.17, 15) is 0 Å². The first-order valence-corrected chi connectivity index (χ1v) is 9.51. The molecule has 1 aliphatic heterocycles. The van der Waals surface area contributed by atoms with E-state index in [4.69, 9.17) is 9.31 Å². The summed E-state index contributed by atoms with van der Waals surface area (Å²) in [7, 11) is -1.02. The second kappa shape index (κ2) is 6.57. The Morgan fingerprint density at radius 3 is 2.48 bits per heavy atom. The van der Waals surface area contributed by atoms with Crippen LogP contribution in [0.15, 0.2) is 30.1 Å². The summed E-state index contributed by atoms with van der Waals surface area (Å²) in [4.78, 5) is 4.38. The third-order valence-corrected chi connectivity index (χ3v) is 6.02. The quantitative estimate of drug-likeness (QED) is 0.795. The molecule has 4 rings (SSSR count). The molecule has 142 valence electrons. The van der Waals surface area contributed by atoms with E-state index >= 15 is 4.39 Å². The van der Waals surface area contributed by atoms with E-state index in [1.807, 2.05) is 45.9 Å². The molecule has 0 spiro atoms. The Hall–Kier alpha value is -1.99. The molecular formula is C20H25BFN3O2. The van der Waals surface area contributed by atoms with E-state index in [0.717, 1.165) is 24.1 Å². The van der Waals surface area contributed by atoms with Gasteiger partial charge >= 0.3 is 7.12 Å². The Labute approximate surface area is 159 Å². The van der Waals surface area contributed by atoms with Crippen molar-refractivity contribution in [3.05, 3.63) is 41.4 Å². The third-order valence-electron chi connectivity index (χ3n) is 6.02. The van der Waals surface area contributed by atoms with Gasteiger partial charge in [0.1, 0.15) is 11.4 Å². The molecule has 27 heavy (non-hydrogen) atoms. The molecule has 3 heterocycles. The van der Waals surface area contributed by atoms with E-state index in [0.29, 0.717) is 17.3 Å². The van der Waals surface area contributed by atoms with Gasteiger partial charge in [-0.1, -0.05) is 12.5 Å². The predicted molar refractivity (Wildman–Crippen MR) is 104 cm³/mol. The SMILES string of the molecule is CC1(C)OB(C(F)=Cc2c(-c3ccccn3)n[nH]c2C2CCC2)OC1(C)C. The molecule has 2 aliphatic rings. The minimum absolute atomic E-state index is 0.382. The Morgan fingerprint density at radius 1 is 1.22 bits per heavy atom.